The molecule has 0 spiro atoms. The van der Waals surface area contributed by atoms with E-state index in [4.69, 9.17) is 0 Å². The Labute approximate surface area is 111 Å². The van der Waals surface area contributed by atoms with Crippen LogP contribution in [0.3, 0.4) is 0 Å². The molecule has 1 N–H and O–H groups in total. The topological polar surface area (TPSA) is 35.6 Å². The molecule has 0 aromatic heterocycles. The van der Waals surface area contributed by atoms with E-state index >= 15 is 0 Å². The largest absolute Gasteiger partial charge is 0.341 e. The van der Waals surface area contributed by atoms with Crippen molar-refractivity contribution in [3.8, 4) is 0 Å². The number of rotatable bonds is 2. The van der Waals surface area contributed by atoms with Crippen molar-refractivity contribution in [3.63, 3.8) is 0 Å². The van der Waals surface area contributed by atoms with Crippen LogP contribution in [-0.2, 0) is 4.79 Å². The predicted octanol–water partition coefficient (Wildman–Crippen LogP) is 0.927. The summed E-state index contributed by atoms with van der Waals surface area (Å²) in [6.45, 7) is 7.01. The SMILES string of the molecule is CNC(C)(C)C(=O)N1CCC2C(CCCN2C)C1. The number of fused-ring (bicyclic) bond motifs is 1. The summed E-state index contributed by atoms with van der Waals surface area (Å²) < 4.78 is 0. The Kier molecular flexibility index (Phi) is 3.97. The number of amides is 1. The quantitative estimate of drug-likeness (QED) is 0.795. The summed E-state index contributed by atoms with van der Waals surface area (Å²) in [6, 6.07) is 0.695. The molecule has 0 aromatic carbocycles. The van der Waals surface area contributed by atoms with E-state index in [2.05, 4.69) is 22.2 Å². The molecule has 1 amide bonds. The van der Waals surface area contributed by atoms with Gasteiger partial charge in [0, 0.05) is 19.1 Å². The Morgan fingerprint density at radius 3 is 2.67 bits per heavy atom. The van der Waals surface area contributed by atoms with Crippen molar-refractivity contribution in [3.05, 3.63) is 0 Å². The summed E-state index contributed by atoms with van der Waals surface area (Å²) in [4.78, 5) is 17.0. The smallest absolute Gasteiger partial charge is 0.242 e. The first-order chi connectivity index (χ1) is 8.45. The molecule has 2 rings (SSSR count). The molecule has 4 heteroatoms. The number of carbonyl (C=O) groups excluding carboxylic acids is 1. The summed E-state index contributed by atoms with van der Waals surface area (Å²) >= 11 is 0. The van der Waals surface area contributed by atoms with Crippen LogP contribution in [-0.4, -0.2) is 61.0 Å². The Morgan fingerprint density at radius 2 is 2.00 bits per heavy atom. The van der Waals surface area contributed by atoms with Gasteiger partial charge in [-0.05, 0) is 59.7 Å². The van der Waals surface area contributed by atoms with E-state index in [1.54, 1.807) is 0 Å². The summed E-state index contributed by atoms with van der Waals surface area (Å²) in [5, 5.41) is 3.12. The summed E-state index contributed by atoms with van der Waals surface area (Å²) in [5.74, 6) is 0.922. The molecule has 0 saturated carbocycles. The highest BCUT2D eigenvalue weighted by Gasteiger charge is 2.39. The van der Waals surface area contributed by atoms with Gasteiger partial charge < -0.3 is 15.1 Å². The first-order valence-corrected chi connectivity index (χ1v) is 7.14. The standard InChI is InChI=1S/C14H27N3O/c1-14(2,15-3)13(18)17-9-7-12-11(10-17)6-5-8-16(12)4/h11-12,15H,5-10H2,1-4H3. The van der Waals surface area contributed by atoms with Gasteiger partial charge in [-0.2, -0.15) is 0 Å². The fourth-order valence-electron chi connectivity index (χ4n) is 3.34. The number of nitrogens with one attached hydrogen (secondary N) is 1. The normalized spacial score (nSPS) is 30.1. The van der Waals surface area contributed by atoms with Crippen LogP contribution in [0.15, 0.2) is 0 Å². The van der Waals surface area contributed by atoms with Gasteiger partial charge in [0.15, 0.2) is 0 Å². The monoisotopic (exact) mass is 253 g/mol. The molecule has 0 aromatic rings. The lowest BCUT2D eigenvalue weighted by Gasteiger charge is -2.47. The molecule has 4 nitrogen and oxygen atoms in total. The molecular formula is C14H27N3O. The van der Waals surface area contributed by atoms with E-state index in [1.807, 2.05) is 20.9 Å². The second-order valence-corrected chi connectivity index (χ2v) is 6.37. The minimum atomic E-state index is -0.437. The van der Waals surface area contributed by atoms with Crippen LogP contribution in [0, 0.1) is 5.92 Å². The number of likely N-dealkylation sites (tertiary alicyclic amines) is 2. The molecule has 18 heavy (non-hydrogen) atoms. The van der Waals surface area contributed by atoms with Crippen molar-refractivity contribution in [2.45, 2.75) is 44.7 Å². The zero-order chi connectivity index (χ0) is 13.3. The van der Waals surface area contributed by atoms with E-state index < -0.39 is 5.54 Å². The Bertz CT molecular complexity index is 316. The van der Waals surface area contributed by atoms with Gasteiger partial charge in [-0.15, -0.1) is 0 Å². The molecular weight excluding hydrogens is 226 g/mol. The van der Waals surface area contributed by atoms with Crippen LogP contribution >= 0.6 is 0 Å². The fraction of sp³-hybridized carbons (Fsp3) is 0.929. The third kappa shape index (κ3) is 2.54. The van der Waals surface area contributed by atoms with Gasteiger partial charge in [-0.3, -0.25) is 4.79 Å². The third-order valence-corrected chi connectivity index (χ3v) is 4.79. The molecule has 2 fully saturated rings. The lowest BCUT2D eigenvalue weighted by atomic mass is 9.83. The number of hydrogen-bond donors (Lipinski definition) is 1. The Morgan fingerprint density at radius 1 is 1.28 bits per heavy atom. The second-order valence-electron chi connectivity index (χ2n) is 6.37. The Balaban J connectivity index is 2.00. The molecule has 2 aliphatic heterocycles. The number of carbonyl (C=O) groups is 1. The maximum atomic E-state index is 12.5. The average molecular weight is 253 g/mol. The van der Waals surface area contributed by atoms with Crippen LogP contribution in [0.1, 0.15) is 33.1 Å². The summed E-state index contributed by atoms with van der Waals surface area (Å²) in [5.41, 5.74) is -0.437. The molecule has 2 saturated heterocycles. The van der Waals surface area contributed by atoms with Gasteiger partial charge in [0.25, 0.3) is 0 Å². The maximum absolute atomic E-state index is 12.5. The minimum Gasteiger partial charge on any atom is -0.341 e. The molecule has 2 unspecified atom stereocenters. The number of piperidine rings is 2. The van der Waals surface area contributed by atoms with Gasteiger partial charge in [-0.25, -0.2) is 0 Å². The highest BCUT2D eigenvalue weighted by molar-refractivity contribution is 5.85. The summed E-state index contributed by atoms with van der Waals surface area (Å²) in [7, 11) is 4.09. The average Bonchev–Trinajstić information content (AvgIpc) is 2.37. The van der Waals surface area contributed by atoms with Crippen LogP contribution in [0.25, 0.3) is 0 Å². The van der Waals surface area contributed by atoms with E-state index in [1.165, 1.54) is 19.4 Å². The lowest BCUT2D eigenvalue weighted by Crippen LogP contribution is -2.59. The molecule has 104 valence electrons. The van der Waals surface area contributed by atoms with Crippen molar-refractivity contribution in [1.82, 2.24) is 15.1 Å². The van der Waals surface area contributed by atoms with E-state index in [0.717, 1.165) is 19.5 Å². The van der Waals surface area contributed by atoms with E-state index in [9.17, 15) is 4.79 Å². The minimum absolute atomic E-state index is 0.247. The zero-order valence-electron chi connectivity index (χ0n) is 12.2. The number of likely N-dealkylation sites (N-methyl/N-ethyl adjacent to an activating group) is 1. The molecule has 0 aliphatic carbocycles. The molecule has 0 bridgehead atoms. The van der Waals surface area contributed by atoms with Crippen LogP contribution in [0.5, 0.6) is 0 Å². The first-order valence-electron chi connectivity index (χ1n) is 7.14. The first kappa shape index (κ1) is 13.8. The number of nitrogens with zero attached hydrogens (tertiary/aromatic N) is 2. The van der Waals surface area contributed by atoms with Crippen molar-refractivity contribution in [1.29, 1.82) is 0 Å². The zero-order valence-corrected chi connectivity index (χ0v) is 12.2. The molecule has 2 atom stereocenters. The van der Waals surface area contributed by atoms with Gasteiger partial charge >= 0.3 is 0 Å². The molecule has 2 aliphatic rings. The third-order valence-electron chi connectivity index (χ3n) is 4.79. The van der Waals surface area contributed by atoms with E-state index in [0.29, 0.717) is 12.0 Å². The Hall–Kier alpha value is -0.610. The van der Waals surface area contributed by atoms with Crippen molar-refractivity contribution < 1.29 is 4.79 Å². The van der Waals surface area contributed by atoms with Crippen LogP contribution < -0.4 is 5.32 Å². The molecule has 0 radical (unpaired) electrons. The van der Waals surface area contributed by atoms with Gasteiger partial charge in [0.1, 0.15) is 0 Å². The number of hydrogen-bond acceptors (Lipinski definition) is 3. The molecule has 2 heterocycles. The summed E-state index contributed by atoms with van der Waals surface area (Å²) in [6.07, 6.45) is 3.68. The van der Waals surface area contributed by atoms with Gasteiger partial charge in [0.05, 0.1) is 5.54 Å². The van der Waals surface area contributed by atoms with Gasteiger partial charge in [0.2, 0.25) is 5.91 Å². The lowest BCUT2D eigenvalue weighted by molar-refractivity contribution is -0.140. The highest BCUT2D eigenvalue weighted by Crippen LogP contribution is 2.30. The predicted molar refractivity (Wildman–Crippen MR) is 73.5 cm³/mol. The van der Waals surface area contributed by atoms with Crippen molar-refractivity contribution in [2.75, 3.05) is 33.7 Å². The van der Waals surface area contributed by atoms with Crippen LogP contribution in [0.2, 0.25) is 0 Å². The second kappa shape index (κ2) is 5.17. The highest BCUT2D eigenvalue weighted by atomic mass is 16.2. The van der Waals surface area contributed by atoms with Crippen LogP contribution in [0.4, 0.5) is 0 Å². The van der Waals surface area contributed by atoms with Crippen molar-refractivity contribution in [2.24, 2.45) is 5.92 Å². The maximum Gasteiger partial charge on any atom is 0.242 e. The van der Waals surface area contributed by atoms with Crippen molar-refractivity contribution >= 4 is 5.91 Å². The fourth-order valence-corrected chi connectivity index (χ4v) is 3.34. The van der Waals surface area contributed by atoms with E-state index in [-0.39, 0.29) is 5.91 Å². The van der Waals surface area contributed by atoms with Gasteiger partial charge in [-0.1, -0.05) is 0 Å².